The van der Waals surface area contributed by atoms with Crippen LogP contribution in [0, 0.1) is 0 Å². The van der Waals surface area contributed by atoms with Crippen LogP contribution in [-0.4, -0.2) is 29.0 Å². The number of ketones is 2. The zero-order valence-electron chi connectivity index (χ0n) is 12.0. The minimum atomic E-state index is -0.0587. The molecular weight excluding hydrogens is 428 g/mol. The molecule has 4 nitrogen and oxygen atoms in total. The standard InChI is InChI=1S/C17H12Br2O4/c18-7-14(20)11-3-1-10(2-4-11)12-5-6-13(15(21)8-19)17-16(12)22-9-23-17/h1-6H,7-9H2. The van der Waals surface area contributed by atoms with Gasteiger partial charge in [-0.25, -0.2) is 0 Å². The monoisotopic (exact) mass is 438 g/mol. The van der Waals surface area contributed by atoms with E-state index in [9.17, 15) is 9.59 Å². The van der Waals surface area contributed by atoms with Crippen LogP contribution in [0.1, 0.15) is 20.7 Å². The van der Waals surface area contributed by atoms with Crippen LogP contribution in [0.2, 0.25) is 0 Å². The number of hydrogen-bond donors (Lipinski definition) is 0. The molecule has 0 spiro atoms. The molecule has 0 atom stereocenters. The van der Waals surface area contributed by atoms with Gasteiger partial charge in [0.1, 0.15) is 0 Å². The number of ether oxygens (including phenoxy) is 2. The summed E-state index contributed by atoms with van der Waals surface area (Å²) in [5.41, 5.74) is 2.88. The summed E-state index contributed by atoms with van der Waals surface area (Å²) in [6.07, 6.45) is 0. The Labute approximate surface area is 150 Å². The van der Waals surface area contributed by atoms with E-state index in [0.29, 0.717) is 28.0 Å². The predicted octanol–water partition coefficient (Wildman–Crippen LogP) is 4.24. The first-order valence-corrected chi connectivity index (χ1v) is 9.11. The van der Waals surface area contributed by atoms with Crippen LogP contribution in [0.5, 0.6) is 11.5 Å². The van der Waals surface area contributed by atoms with Gasteiger partial charge in [-0.05, 0) is 17.7 Å². The molecular formula is C17H12Br2O4. The first-order valence-electron chi connectivity index (χ1n) is 6.87. The lowest BCUT2D eigenvalue weighted by atomic mass is 9.99. The number of fused-ring (bicyclic) bond motifs is 1. The molecule has 118 valence electrons. The molecule has 0 N–H and O–H groups in total. The van der Waals surface area contributed by atoms with Crippen LogP contribution in [-0.2, 0) is 0 Å². The third kappa shape index (κ3) is 3.05. The summed E-state index contributed by atoms with van der Waals surface area (Å²) in [5, 5.41) is 0.521. The lowest BCUT2D eigenvalue weighted by Gasteiger charge is -2.09. The van der Waals surface area contributed by atoms with Crippen LogP contribution in [0.4, 0.5) is 0 Å². The summed E-state index contributed by atoms with van der Waals surface area (Å²) < 4.78 is 11.0. The van der Waals surface area contributed by atoms with Gasteiger partial charge in [-0.1, -0.05) is 56.1 Å². The molecule has 1 aliphatic heterocycles. The molecule has 0 aliphatic carbocycles. The van der Waals surface area contributed by atoms with E-state index >= 15 is 0 Å². The smallest absolute Gasteiger partial charge is 0.231 e. The van der Waals surface area contributed by atoms with E-state index in [4.69, 9.17) is 9.47 Å². The third-order valence-corrected chi connectivity index (χ3v) is 4.60. The number of benzene rings is 2. The van der Waals surface area contributed by atoms with Crippen molar-refractivity contribution in [3.05, 3.63) is 47.5 Å². The lowest BCUT2D eigenvalue weighted by Crippen LogP contribution is -2.02. The molecule has 0 fully saturated rings. The van der Waals surface area contributed by atoms with E-state index in [-0.39, 0.29) is 23.7 Å². The maximum absolute atomic E-state index is 11.9. The first-order chi connectivity index (χ1) is 11.2. The molecule has 0 saturated carbocycles. The highest BCUT2D eigenvalue weighted by Gasteiger charge is 2.25. The van der Waals surface area contributed by atoms with E-state index in [1.807, 2.05) is 18.2 Å². The molecule has 0 radical (unpaired) electrons. The number of hydrogen-bond acceptors (Lipinski definition) is 4. The van der Waals surface area contributed by atoms with Crippen molar-refractivity contribution in [3.8, 4) is 22.6 Å². The molecule has 2 aromatic carbocycles. The number of Topliss-reactive ketones (excluding diaryl/α,β-unsaturated/α-hetero) is 2. The second-order valence-electron chi connectivity index (χ2n) is 4.92. The summed E-state index contributed by atoms with van der Waals surface area (Å²) in [6.45, 7) is 0.0923. The van der Waals surface area contributed by atoms with Crippen LogP contribution in [0.3, 0.4) is 0 Å². The normalized spacial score (nSPS) is 12.3. The predicted molar refractivity (Wildman–Crippen MR) is 94.3 cm³/mol. The molecule has 1 heterocycles. The maximum Gasteiger partial charge on any atom is 0.231 e. The quantitative estimate of drug-likeness (QED) is 0.516. The zero-order chi connectivity index (χ0) is 16.4. The Bertz CT molecular complexity index is 769. The highest BCUT2D eigenvalue weighted by molar-refractivity contribution is 9.09. The maximum atomic E-state index is 11.9. The minimum absolute atomic E-state index is 0.0274. The van der Waals surface area contributed by atoms with Gasteiger partial charge in [0.15, 0.2) is 23.1 Å². The molecule has 6 heteroatoms. The van der Waals surface area contributed by atoms with Crippen molar-refractivity contribution >= 4 is 43.4 Å². The van der Waals surface area contributed by atoms with E-state index in [2.05, 4.69) is 31.9 Å². The fourth-order valence-corrected chi connectivity index (χ4v) is 3.05. The fraction of sp³-hybridized carbons (Fsp3) is 0.176. The Morgan fingerprint density at radius 2 is 1.52 bits per heavy atom. The fourth-order valence-electron chi connectivity index (χ4n) is 2.43. The van der Waals surface area contributed by atoms with E-state index in [1.165, 1.54) is 0 Å². The summed E-state index contributed by atoms with van der Waals surface area (Å²) in [4.78, 5) is 23.6. The Hall–Kier alpha value is -1.66. The van der Waals surface area contributed by atoms with Crippen molar-refractivity contribution in [2.45, 2.75) is 0 Å². The zero-order valence-corrected chi connectivity index (χ0v) is 15.1. The first kappa shape index (κ1) is 16.2. The van der Waals surface area contributed by atoms with E-state index in [0.717, 1.165) is 11.1 Å². The van der Waals surface area contributed by atoms with Gasteiger partial charge in [-0.2, -0.15) is 0 Å². The van der Waals surface area contributed by atoms with Gasteiger partial charge in [0, 0.05) is 11.1 Å². The number of halogens is 2. The second-order valence-corrected chi connectivity index (χ2v) is 6.04. The van der Waals surface area contributed by atoms with Crippen molar-refractivity contribution in [2.24, 2.45) is 0 Å². The molecule has 0 aromatic heterocycles. The second kappa shape index (κ2) is 6.84. The van der Waals surface area contributed by atoms with Crippen LogP contribution in [0.25, 0.3) is 11.1 Å². The van der Waals surface area contributed by atoms with Crippen molar-refractivity contribution in [1.29, 1.82) is 0 Å². The van der Waals surface area contributed by atoms with Gasteiger partial charge < -0.3 is 9.47 Å². The van der Waals surface area contributed by atoms with Crippen LogP contribution >= 0.6 is 31.9 Å². The lowest BCUT2D eigenvalue weighted by molar-refractivity contribution is 0.101. The molecule has 3 rings (SSSR count). The van der Waals surface area contributed by atoms with E-state index in [1.54, 1.807) is 18.2 Å². The Morgan fingerprint density at radius 1 is 0.870 bits per heavy atom. The Balaban J connectivity index is 2.03. The Morgan fingerprint density at radius 3 is 2.17 bits per heavy atom. The summed E-state index contributed by atoms with van der Waals surface area (Å²) in [7, 11) is 0. The van der Waals surface area contributed by atoms with Gasteiger partial charge in [-0.15, -0.1) is 0 Å². The molecule has 23 heavy (non-hydrogen) atoms. The molecule has 0 bridgehead atoms. The number of carbonyl (C=O) groups is 2. The van der Waals surface area contributed by atoms with Crippen molar-refractivity contribution in [3.63, 3.8) is 0 Å². The largest absolute Gasteiger partial charge is 0.453 e. The molecule has 2 aromatic rings. The van der Waals surface area contributed by atoms with Crippen LogP contribution < -0.4 is 9.47 Å². The number of alkyl halides is 2. The van der Waals surface area contributed by atoms with Gasteiger partial charge in [0.05, 0.1) is 16.2 Å². The highest BCUT2D eigenvalue weighted by Crippen LogP contribution is 2.44. The van der Waals surface area contributed by atoms with Gasteiger partial charge in [-0.3, -0.25) is 9.59 Å². The third-order valence-electron chi connectivity index (χ3n) is 3.58. The van der Waals surface area contributed by atoms with Gasteiger partial charge in [0.25, 0.3) is 0 Å². The SMILES string of the molecule is O=C(CBr)c1ccc(-c2ccc(C(=O)CBr)c3c2OCO3)cc1. The van der Waals surface area contributed by atoms with E-state index < -0.39 is 0 Å². The molecule has 1 aliphatic rings. The van der Waals surface area contributed by atoms with Gasteiger partial charge in [0.2, 0.25) is 6.79 Å². The summed E-state index contributed by atoms with van der Waals surface area (Å²) in [5.74, 6) is 1.01. The molecule has 0 amide bonds. The number of rotatable bonds is 5. The summed E-state index contributed by atoms with van der Waals surface area (Å²) >= 11 is 6.33. The average Bonchev–Trinajstić information content (AvgIpc) is 3.09. The number of carbonyl (C=O) groups excluding carboxylic acids is 2. The average molecular weight is 440 g/mol. The molecule has 0 unspecified atom stereocenters. The summed E-state index contributed by atoms with van der Waals surface area (Å²) in [6, 6.07) is 10.9. The van der Waals surface area contributed by atoms with Gasteiger partial charge >= 0.3 is 0 Å². The van der Waals surface area contributed by atoms with Crippen LogP contribution in [0.15, 0.2) is 36.4 Å². The highest BCUT2D eigenvalue weighted by atomic mass is 79.9. The minimum Gasteiger partial charge on any atom is -0.453 e. The Kier molecular flexibility index (Phi) is 4.82. The topological polar surface area (TPSA) is 52.6 Å². The van der Waals surface area contributed by atoms with Crippen molar-refractivity contribution < 1.29 is 19.1 Å². The van der Waals surface area contributed by atoms with Crippen molar-refractivity contribution in [2.75, 3.05) is 17.5 Å². The molecule has 0 saturated heterocycles. The van der Waals surface area contributed by atoms with Crippen molar-refractivity contribution in [1.82, 2.24) is 0 Å².